The zero-order chi connectivity index (χ0) is 11.3. The molecule has 2 atom stereocenters. The van der Waals surface area contributed by atoms with Crippen LogP contribution in [-0.4, -0.2) is 28.0 Å². The van der Waals surface area contributed by atoms with E-state index in [0.29, 0.717) is 19.0 Å². The number of aromatic nitrogens is 2. The molecule has 0 saturated carbocycles. The number of nitrogens with two attached hydrogens (primary N) is 1. The van der Waals surface area contributed by atoms with Crippen molar-refractivity contribution < 1.29 is 14.4 Å². The molecule has 0 radical (unpaired) electrons. The van der Waals surface area contributed by atoms with Crippen molar-refractivity contribution in [1.82, 2.24) is 10.1 Å². The molecule has 86 valence electrons. The number of hydrogen-bond donors (Lipinski definition) is 2. The van der Waals surface area contributed by atoms with Crippen LogP contribution in [0.4, 0.5) is 0 Å². The van der Waals surface area contributed by atoms with Gasteiger partial charge in [0.15, 0.2) is 5.82 Å². The molecule has 0 spiro atoms. The summed E-state index contributed by atoms with van der Waals surface area (Å²) in [7, 11) is 0. The summed E-state index contributed by atoms with van der Waals surface area (Å²) in [5.74, 6) is 0.689. The van der Waals surface area contributed by atoms with Crippen molar-refractivity contribution in [2.75, 3.05) is 6.61 Å². The fraction of sp³-hybridized carbons (Fsp3) is 0.778. The van der Waals surface area contributed by atoms with Crippen LogP contribution in [0.2, 0.25) is 0 Å². The Balaban J connectivity index is 2.48. The van der Waals surface area contributed by atoms with Gasteiger partial charge in [0.1, 0.15) is 12.6 Å². The Labute approximate surface area is 88.4 Å². The largest absolute Gasteiger partial charge is 0.391 e. The summed E-state index contributed by atoms with van der Waals surface area (Å²) >= 11 is 0. The van der Waals surface area contributed by atoms with Gasteiger partial charge in [-0.2, -0.15) is 4.98 Å². The summed E-state index contributed by atoms with van der Waals surface area (Å²) in [4.78, 5) is 4.02. The van der Waals surface area contributed by atoms with Gasteiger partial charge in [-0.05, 0) is 13.3 Å². The first-order chi connectivity index (χ1) is 7.15. The van der Waals surface area contributed by atoms with Gasteiger partial charge < -0.3 is 20.1 Å². The molecule has 0 aliphatic heterocycles. The molecule has 1 aromatic rings. The van der Waals surface area contributed by atoms with Gasteiger partial charge in [-0.3, -0.25) is 0 Å². The Hall–Kier alpha value is -0.980. The lowest BCUT2D eigenvalue weighted by Gasteiger charge is -2.08. The minimum Gasteiger partial charge on any atom is -0.391 e. The summed E-state index contributed by atoms with van der Waals surface area (Å²) in [5.41, 5.74) is 5.62. The molecule has 0 fully saturated rings. The molecule has 0 aromatic carbocycles. The summed E-state index contributed by atoms with van der Waals surface area (Å²) < 4.78 is 10.1. The molecule has 0 aliphatic rings. The molecule has 0 aliphatic carbocycles. The maximum absolute atomic E-state index is 9.21. The lowest BCUT2D eigenvalue weighted by Crippen LogP contribution is -2.23. The number of rotatable bonds is 6. The first-order valence-corrected chi connectivity index (χ1v) is 4.99. The molecule has 15 heavy (non-hydrogen) atoms. The van der Waals surface area contributed by atoms with Crippen molar-refractivity contribution in [2.24, 2.45) is 5.73 Å². The second kappa shape index (κ2) is 5.79. The number of aliphatic hydroxyl groups is 1. The van der Waals surface area contributed by atoms with Crippen LogP contribution in [0.3, 0.4) is 0 Å². The van der Waals surface area contributed by atoms with E-state index in [1.165, 1.54) is 0 Å². The fourth-order valence-corrected chi connectivity index (χ4v) is 0.976. The van der Waals surface area contributed by atoms with E-state index in [1.54, 1.807) is 6.92 Å². The average molecular weight is 215 g/mol. The fourth-order valence-electron chi connectivity index (χ4n) is 0.976. The predicted octanol–water partition coefficient (Wildman–Crippen LogP) is 0.377. The normalized spacial score (nSPS) is 15.2. The van der Waals surface area contributed by atoms with E-state index < -0.39 is 12.1 Å². The highest BCUT2D eigenvalue weighted by atomic mass is 16.5. The molecule has 0 bridgehead atoms. The van der Waals surface area contributed by atoms with Gasteiger partial charge in [0.05, 0.1) is 6.10 Å². The molecular formula is C9H17N3O3. The molecule has 1 aromatic heterocycles. The Morgan fingerprint density at radius 3 is 2.93 bits per heavy atom. The van der Waals surface area contributed by atoms with Crippen molar-refractivity contribution >= 4 is 0 Å². The summed E-state index contributed by atoms with van der Waals surface area (Å²) in [6.45, 7) is 4.56. The summed E-state index contributed by atoms with van der Waals surface area (Å²) in [6.07, 6.45) is 0.229. The van der Waals surface area contributed by atoms with Crippen molar-refractivity contribution in [1.29, 1.82) is 0 Å². The first-order valence-electron chi connectivity index (χ1n) is 4.99. The van der Waals surface area contributed by atoms with Crippen LogP contribution in [0.25, 0.3) is 0 Å². The summed E-state index contributed by atoms with van der Waals surface area (Å²) in [5, 5.41) is 12.9. The zero-order valence-corrected chi connectivity index (χ0v) is 9.01. The highest BCUT2D eigenvalue weighted by Crippen LogP contribution is 2.11. The number of nitrogens with zero attached hydrogens (tertiary/aromatic N) is 2. The van der Waals surface area contributed by atoms with E-state index in [1.807, 2.05) is 6.92 Å². The van der Waals surface area contributed by atoms with Crippen LogP contribution in [0.1, 0.15) is 38.0 Å². The van der Waals surface area contributed by atoms with Crippen LogP contribution in [-0.2, 0) is 11.3 Å². The Morgan fingerprint density at radius 1 is 1.60 bits per heavy atom. The minimum absolute atomic E-state index is 0.236. The van der Waals surface area contributed by atoms with Gasteiger partial charge in [-0.1, -0.05) is 12.1 Å². The maximum Gasteiger partial charge on any atom is 0.246 e. The third-order valence-corrected chi connectivity index (χ3v) is 1.87. The van der Waals surface area contributed by atoms with Gasteiger partial charge in [0, 0.05) is 6.61 Å². The quantitative estimate of drug-likeness (QED) is 0.666. The van der Waals surface area contributed by atoms with Crippen molar-refractivity contribution in [3.63, 3.8) is 0 Å². The Morgan fingerprint density at radius 2 is 2.33 bits per heavy atom. The number of ether oxygens (including phenoxy) is 1. The van der Waals surface area contributed by atoms with Crippen LogP contribution in [0, 0.1) is 0 Å². The van der Waals surface area contributed by atoms with Crippen molar-refractivity contribution in [2.45, 2.75) is 39.0 Å². The molecule has 1 heterocycles. The predicted molar refractivity (Wildman–Crippen MR) is 52.9 cm³/mol. The van der Waals surface area contributed by atoms with Crippen LogP contribution in [0.5, 0.6) is 0 Å². The molecule has 2 unspecified atom stereocenters. The van der Waals surface area contributed by atoms with E-state index in [2.05, 4.69) is 10.1 Å². The van der Waals surface area contributed by atoms with Crippen LogP contribution in [0.15, 0.2) is 4.52 Å². The molecule has 3 N–H and O–H groups in total. The van der Waals surface area contributed by atoms with Crippen LogP contribution >= 0.6 is 0 Å². The average Bonchev–Trinajstić information content (AvgIpc) is 2.65. The maximum atomic E-state index is 9.21. The van der Waals surface area contributed by atoms with E-state index in [0.717, 1.165) is 6.42 Å². The molecule has 6 heteroatoms. The van der Waals surface area contributed by atoms with Gasteiger partial charge in [0.25, 0.3) is 0 Å². The van der Waals surface area contributed by atoms with Crippen molar-refractivity contribution in [3.05, 3.63) is 11.7 Å². The SMILES string of the molecule is CCCOCc1noc(C(N)C(C)O)n1. The van der Waals surface area contributed by atoms with Gasteiger partial charge in [-0.25, -0.2) is 0 Å². The number of hydrogen-bond acceptors (Lipinski definition) is 6. The standard InChI is InChI=1S/C9H17N3O3/c1-3-4-14-5-7-11-9(15-12-7)8(10)6(2)13/h6,8,13H,3-5,10H2,1-2H3. The smallest absolute Gasteiger partial charge is 0.246 e. The van der Waals surface area contributed by atoms with E-state index in [-0.39, 0.29) is 5.89 Å². The lowest BCUT2D eigenvalue weighted by atomic mass is 10.2. The van der Waals surface area contributed by atoms with Gasteiger partial charge in [0.2, 0.25) is 5.89 Å². The van der Waals surface area contributed by atoms with E-state index >= 15 is 0 Å². The van der Waals surface area contributed by atoms with Crippen molar-refractivity contribution in [3.8, 4) is 0 Å². The highest BCUT2D eigenvalue weighted by molar-refractivity contribution is 4.92. The lowest BCUT2D eigenvalue weighted by molar-refractivity contribution is 0.114. The molecular weight excluding hydrogens is 198 g/mol. The minimum atomic E-state index is -0.713. The Kier molecular flexibility index (Phi) is 4.67. The topological polar surface area (TPSA) is 94.4 Å². The van der Waals surface area contributed by atoms with E-state index in [4.69, 9.17) is 15.0 Å². The first kappa shape index (κ1) is 12.1. The number of aliphatic hydroxyl groups excluding tert-OH is 1. The second-order valence-corrected chi connectivity index (χ2v) is 3.37. The van der Waals surface area contributed by atoms with Gasteiger partial charge in [-0.15, -0.1) is 0 Å². The second-order valence-electron chi connectivity index (χ2n) is 3.37. The molecule has 0 saturated heterocycles. The van der Waals surface area contributed by atoms with Crippen LogP contribution < -0.4 is 5.73 Å². The Bertz CT molecular complexity index is 288. The molecule has 0 amide bonds. The molecule has 6 nitrogen and oxygen atoms in total. The summed E-state index contributed by atoms with van der Waals surface area (Å²) in [6, 6.07) is -0.641. The third-order valence-electron chi connectivity index (χ3n) is 1.87. The molecule has 1 rings (SSSR count). The van der Waals surface area contributed by atoms with E-state index in [9.17, 15) is 5.11 Å². The highest BCUT2D eigenvalue weighted by Gasteiger charge is 2.19. The zero-order valence-electron chi connectivity index (χ0n) is 9.01. The van der Waals surface area contributed by atoms with Gasteiger partial charge >= 0.3 is 0 Å². The third kappa shape index (κ3) is 3.58. The monoisotopic (exact) mass is 215 g/mol.